The van der Waals surface area contributed by atoms with E-state index >= 15 is 0 Å². The number of benzene rings is 1. The zero-order chi connectivity index (χ0) is 29.4. The second-order valence-corrected chi connectivity index (χ2v) is 11.7. The van der Waals surface area contributed by atoms with Crippen molar-refractivity contribution in [2.45, 2.75) is 89.3 Å². The molecule has 0 bridgehead atoms. The maximum atomic E-state index is 13.3. The third kappa shape index (κ3) is 5.78. The summed E-state index contributed by atoms with van der Waals surface area (Å²) in [5.74, 6) is -0.322. The number of nitrogens with one attached hydrogen (secondary N) is 1. The minimum absolute atomic E-state index is 0.160. The number of aromatic nitrogens is 2. The van der Waals surface area contributed by atoms with Gasteiger partial charge in [0.25, 0.3) is 0 Å². The average Bonchev–Trinajstić information content (AvgIpc) is 3.17. The van der Waals surface area contributed by atoms with Crippen LogP contribution in [0.1, 0.15) is 86.5 Å². The first kappa shape index (κ1) is 28.9. The van der Waals surface area contributed by atoms with Crippen LogP contribution in [0, 0.1) is 5.92 Å². The third-order valence-corrected chi connectivity index (χ3v) is 8.92. The molecule has 3 aliphatic rings. The molecule has 1 aliphatic heterocycles. The Morgan fingerprint density at radius 3 is 2.39 bits per heavy atom. The fourth-order valence-electron chi connectivity index (χ4n) is 6.31. The van der Waals surface area contributed by atoms with E-state index < -0.39 is 29.5 Å². The van der Waals surface area contributed by atoms with Crippen molar-refractivity contribution in [3.63, 3.8) is 0 Å². The summed E-state index contributed by atoms with van der Waals surface area (Å²) in [4.78, 5) is 39.0. The second-order valence-electron chi connectivity index (χ2n) is 11.7. The van der Waals surface area contributed by atoms with Crippen LogP contribution in [0.15, 0.2) is 24.3 Å². The number of carboxylic acids is 1. The standard InChI is InChI=1S/C29H37F3N6O3/c1-28(14-4-3-5-15-28)38(18-39)27-36(2)25-22(37(27)17-20-9-11-21(12-10-20)29(30,31)32)23(34-24(35-25)26(40)41)33-16-13-19-7-6-8-19/h9-12,18-19,27H,3-8,13-17H2,1-2H3,(H,40,41)(H,33,34,35). The van der Waals surface area contributed by atoms with Crippen LogP contribution < -0.4 is 15.1 Å². The molecule has 1 amide bonds. The number of anilines is 3. The lowest BCUT2D eigenvalue weighted by Gasteiger charge is -2.49. The first-order valence-electron chi connectivity index (χ1n) is 14.3. The number of alkyl halides is 3. The molecule has 12 heteroatoms. The summed E-state index contributed by atoms with van der Waals surface area (Å²) < 4.78 is 39.8. The average molecular weight is 575 g/mol. The number of carbonyl (C=O) groups is 2. The minimum Gasteiger partial charge on any atom is -0.475 e. The SMILES string of the molecule is CN1c2nc(C(=O)O)nc(NCCC3CCC3)c2N(Cc2ccc(C(F)(F)F)cc2)C1N(C=O)C1(C)CCCCC1. The normalized spacial score (nSPS) is 20.4. The molecule has 222 valence electrons. The summed E-state index contributed by atoms with van der Waals surface area (Å²) in [6.07, 6.45) is 4.79. The zero-order valence-electron chi connectivity index (χ0n) is 23.5. The van der Waals surface area contributed by atoms with Gasteiger partial charge in [-0.1, -0.05) is 50.7 Å². The van der Waals surface area contributed by atoms with Crippen LogP contribution >= 0.6 is 0 Å². The van der Waals surface area contributed by atoms with E-state index in [1.807, 2.05) is 4.90 Å². The van der Waals surface area contributed by atoms with Crippen LogP contribution in [0.2, 0.25) is 0 Å². The quantitative estimate of drug-likeness (QED) is 0.348. The van der Waals surface area contributed by atoms with Crippen LogP contribution in [-0.2, 0) is 17.5 Å². The smallest absolute Gasteiger partial charge is 0.416 e. The highest BCUT2D eigenvalue weighted by Crippen LogP contribution is 2.46. The van der Waals surface area contributed by atoms with Crippen LogP contribution in [0.5, 0.6) is 0 Å². The number of rotatable bonds is 10. The topological polar surface area (TPSA) is 102 Å². The monoisotopic (exact) mass is 574 g/mol. The highest BCUT2D eigenvalue weighted by Gasteiger charge is 2.47. The van der Waals surface area contributed by atoms with Crippen molar-refractivity contribution in [1.82, 2.24) is 14.9 Å². The Morgan fingerprint density at radius 1 is 1.15 bits per heavy atom. The van der Waals surface area contributed by atoms with Crippen molar-refractivity contribution in [2.75, 3.05) is 28.7 Å². The van der Waals surface area contributed by atoms with Gasteiger partial charge in [-0.15, -0.1) is 0 Å². The summed E-state index contributed by atoms with van der Waals surface area (Å²) >= 11 is 0. The highest BCUT2D eigenvalue weighted by atomic mass is 19.4. The van der Waals surface area contributed by atoms with Crippen molar-refractivity contribution >= 4 is 29.7 Å². The molecule has 1 unspecified atom stereocenters. The summed E-state index contributed by atoms with van der Waals surface area (Å²) in [5.41, 5.74) is -0.0668. The van der Waals surface area contributed by atoms with Gasteiger partial charge >= 0.3 is 12.1 Å². The molecule has 2 fully saturated rings. The second kappa shape index (κ2) is 11.4. The van der Waals surface area contributed by atoms with Crippen LogP contribution in [0.4, 0.5) is 30.5 Å². The molecule has 0 radical (unpaired) electrons. The molecular formula is C29H37F3N6O3. The molecular weight excluding hydrogens is 537 g/mol. The fraction of sp³-hybridized carbons (Fsp3) is 0.586. The van der Waals surface area contributed by atoms with Crippen molar-refractivity contribution < 1.29 is 27.9 Å². The number of carboxylic acid groups (broad SMARTS) is 1. The zero-order valence-corrected chi connectivity index (χ0v) is 23.5. The van der Waals surface area contributed by atoms with Crippen LogP contribution in [0.25, 0.3) is 0 Å². The Hall–Kier alpha value is -3.57. The lowest BCUT2D eigenvalue weighted by Crippen LogP contribution is -2.61. The third-order valence-electron chi connectivity index (χ3n) is 8.92. The van der Waals surface area contributed by atoms with Gasteiger partial charge in [0, 0.05) is 25.7 Å². The van der Waals surface area contributed by atoms with Crippen molar-refractivity contribution in [2.24, 2.45) is 5.92 Å². The van der Waals surface area contributed by atoms with Gasteiger partial charge in [-0.25, -0.2) is 14.8 Å². The van der Waals surface area contributed by atoms with Crippen molar-refractivity contribution in [3.05, 3.63) is 41.2 Å². The van der Waals surface area contributed by atoms with E-state index in [0.29, 0.717) is 35.3 Å². The molecule has 9 nitrogen and oxygen atoms in total. The summed E-state index contributed by atoms with van der Waals surface area (Å²) in [7, 11) is 1.76. The molecule has 1 aromatic carbocycles. The number of halogens is 3. The number of nitrogens with zero attached hydrogens (tertiary/aromatic N) is 5. The van der Waals surface area contributed by atoms with Gasteiger partial charge in [-0.3, -0.25) is 4.79 Å². The van der Waals surface area contributed by atoms with Gasteiger partial charge in [0.05, 0.1) is 5.56 Å². The van der Waals surface area contributed by atoms with E-state index in [1.54, 1.807) is 16.8 Å². The predicted octanol–water partition coefficient (Wildman–Crippen LogP) is 5.72. The van der Waals surface area contributed by atoms with Gasteiger partial charge in [0.15, 0.2) is 17.9 Å². The molecule has 5 rings (SSSR count). The van der Waals surface area contributed by atoms with Crippen molar-refractivity contribution in [1.29, 1.82) is 0 Å². The van der Waals surface area contributed by atoms with Crippen LogP contribution in [0.3, 0.4) is 0 Å². The Balaban J connectivity index is 1.57. The minimum atomic E-state index is -4.45. The number of carbonyl (C=O) groups excluding carboxylic acids is 1. The number of hydrogen-bond acceptors (Lipinski definition) is 7. The molecule has 1 atom stereocenters. The van der Waals surface area contributed by atoms with E-state index in [0.717, 1.165) is 57.1 Å². The van der Waals surface area contributed by atoms with E-state index in [9.17, 15) is 27.9 Å². The summed E-state index contributed by atoms with van der Waals surface area (Å²) in [6, 6.07) is 4.96. The Kier molecular flexibility index (Phi) is 8.02. The molecule has 2 aliphatic carbocycles. The van der Waals surface area contributed by atoms with Gasteiger partial charge in [-0.2, -0.15) is 13.2 Å². The Labute approximate surface area is 237 Å². The molecule has 0 spiro atoms. The van der Waals surface area contributed by atoms with E-state index in [2.05, 4.69) is 22.2 Å². The molecule has 2 aromatic rings. The molecule has 2 saturated carbocycles. The maximum absolute atomic E-state index is 13.3. The number of hydrogen-bond donors (Lipinski definition) is 2. The van der Waals surface area contributed by atoms with Gasteiger partial charge < -0.3 is 25.1 Å². The molecule has 0 saturated heterocycles. The lowest BCUT2D eigenvalue weighted by atomic mass is 9.82. The summed E-state index contributed by atoms with van der Waals surface area (Å²) in [5, 5.41) is 13.1. The summed E-state index contributed by atoms with van der Waals surface area (Å²) in [6.45, 7) is 2.80. The maximum Gasteiger partial charge on any atom is 0.416 e. The first-order valence-corrected chi connectivity index (χ1v) is 14.3. The Morgan fingerprint density at radius 2 is 1.83 bits per heavy atom. The number of amides is 1. The van der Waals surface area contributed by atoms with E-state index in [1.165, 1.54) is 31.4 Å². The first-order chi connectivity index (χ1) is 19.5. The van der Waals surface area contributed by atoms with E-state index in [4.69, 9.17) is 0 Å². The van der Waals surface area contributed by atoms with Crippen molar-refractivity contribution in [3.8, 4) is 0 Å². The number of fused-ring (bicyclic) bond motifs is 1. The van der Waals surface area contributed by atoms with Gasteiger partial charge in [0.1, 0.15) is 5.69 Å². The predicted molar refractivity (Wildman–Crippen MR) is 149 cm³/mol. The number of aromatic carboxylic acids is 1. The van der Waals surface area contributed by atoms with Crippen LogP contribution in [-0.4, -0.2) is 57.8 Å². The molecule has 1 aromatic heterocycles. The fourth-order valence-corrected chi connectivity index (χ4v) is 6.31. The van der Waals surface area contributed by atoms with E-state index in [-0.39, 0.29) is 12.4 Å². The Bertz CT molecular complexity index is 1260. The van der Waals surface area contributed by atoms with Gasteiger partial charge in [0.2, 0.25) is 12.2 Å². The molecule has 2 N–H and O–H groups in total. The molecule has 41 heavy (non-hydrogen) atoms. The van der Waals surface area contributed by atoms with Gasteiger partial charge in [-0.05, 0) is 49.8 Å². The highest BCUT2D eigenvalue weighted by molar-refractivity contribution is 5.90. The lowest BCUT2D eigenvalue weighted by molar-refractivity contribution is -0.137. The largest absolute Gasteiger partial charge is 0.475 e. The molecule has 2 heterocycles.